The highest BCUT2D eigenvalue weighted by Crippen LogP contribution is 2.11. The van der Waals surface area contributed by atoms with Crippen molar-refractivity contribution in [1.29, 1.82) is 0 Å². The van der Waals surface area contributed by atoms with Gasteiger partial charge in [-0.25, -0.2) is 10.8 Å². The molecule has 0 aliphatic heterocycles. The van der Waals surface area contributed by atoms with Crippen molar-refractivity contribution in [1.82, 2.24) is 10.3 Å². The van der Waals surface area contributed by atoms with Gasteiger partial charge in [0.05, 0.1) is 10.5 Å². The summed E-state index contributed by atoms with van der Waals surface area (Å²) in [6.45, 7) is 0.110. The molecule has 0 saturated heterocycles. The van der Waals surface area contributed by atoms with Gasteiger partial charge in [0.15, 0.2) is 0 Å². The average Bonchev–Trinajstić information content (AvgIpc) is 2.52. The quantitative estimate of drug-likeness (QED) is 0.358. The molecular formula is C13H14N4O4S. The van der Waals surface area contributed by atoms with E-state index >= 15 is 0 Å². The number of rotatable bonds is 5. The Labute approximate surface area is 127 Å². The number of hydrogen-bond acceptors (Lipinski definition) is 6. The van der Waals surface area contributed by atoms with Crippen molar-refractivity contribution < 1.29 is 17.8 Å². The maximum Gasteiger partial charge on any atom is 0.294 e. The highest BCUT2D eigenvalue weighted by Gasteiger charge is 2.10. The number of nitrogens with two attached hydrogens (primary N) is 1. The van der Waals surface area contributed by atoms with E-state index in [1.54, 1.807) is 18.2 Å². The number of pyridine rings is 1. The number of nitrogens with zero attached hydrogens (tertiary/aromatic N) is 1. The number of nitrogen functional groups attached to an aromatic ring is 1. The third-order valence-electron chi connectivity index (χ3n) is 2.82. The summed E-state index contributed by atoms with van der Waals surface area (Å²) in [6, 6.07) is 8.76. The first-order valence-electron chi connectivity index (χ1n) is 6.17. The van der Waals surface area contributed by atoms with Crippen LogP contribution in [0.3, 0.4) is 0 Å². The second-order valence-corrected chi connectivity index (χ2v) is 5.80. The first-order chi connectivity index (χ1) is 10.4. The van der Waals surface area contributed by atoms with Crippen molar-refractivity contribution in [3.63, 3.8) is 0 Å². The molecule has 0 radical (unpaired) electrons. The van der Waals surface area contributed by atoms with Gasteiger partial charge in [0, 0.05) is 12.7 Å². The summed E-state index contributed by atoms with van der Waals surface area (Å²) in [4.78, 5) is 15.6. The molecule has 9 heteroatoms. The molecule has 5 N–H and O–H groups in total. The molecule has 1 aromatic carbocycles. The zero-order valence-corrected chi connectivity index (χ0v) is 12.2. The molecular weight excluding hydrogens is 308 g/mol. The van der Waals surface area contributed by atoms with Gasteiger partial charge in [-0.15, -0.1) is 0 Å². The second-order valence-electron chi connectivity index (χ2n) is 4.38. The zero-order valence-electron chi connectivity index (χ0n) is 11.4. The molecule has 2 rings (SSSR count). The van der Waals surface area contributed by atoms with Crippen molar-refractivity contribution in [2.45, 2.75) is 11.4 Å². The lowest BCUT2D eigenvalue weighted by Crippen LogP contribution is -2.23. The van der Waals surface area contributed by atoms with Crippen LogP contribution in [0.1, 0.15) is 15.9 Å². The number of hydrogen-bond donors (Lipinski definition) is 4. The molecule has 0 fully saturated rings. The highest BCUT2D eigenvalue weighted by atomic mass is 32.2. The van der Waals surface area contributed by atoms with Crippen molar-refractivity contribution >= 4 is 21.8 Å². The Bertz CT molecular complexity index is 775. The van der Waals surface area contributed by atoms with E-state index in [-0.39, 0.29) is 17.3 Å². The minimum atomic E-state index is -4.27. The van der Waals surface area contributed by atoms with Gasteiger partial charge in [0.25, 0.3) is 16.0 Å². The van der Waals surface area contributed by atoms with Gasteiger partial charge in [0.2, 0.25) is 0 Å². The van der Waals surface area contributed by atoms with Crippen LogP contribution in [0.4, 0.5) is 5.82 Å². The standard InChI is InChI=1S/C13H14N4O4S/c14-17-12-5-4-10(8-15-12)13(18)16-7-9-2-1-3-11(6-9)22(19,20)21/h1-6,8H,7,14H2,(H,15,17)(H,16,18)(H,19,20,21). The SMILES string of the molecule is NNc1ccc(C(=O)NCc2cccc(S(=O)(=O)O)c2)cn1. The number of carbonyl (C=O) groups excluding carboxylic acids is 1. The summed E-state index contributed by atoms with van der Waals surface area (Å²) in [5.41, 5.74) is 3.22. The second kappa shape index (κ2) is 6.52. The van der Waals surface area contributed by atoms with E-state index in [4.69, 9.17) is 10.4 Å². The number of nitrogens with one attached hydrogen (secondary N) is 2. The van der Waals surface area contributed by atoms with Crippen molar-refractivity contribution in [2.24, 2.45) is 5.84 Å². The Kier molecular flexibility index (Phi) is 4.71. The van der Waals surface area contributed by atoms with E-state index in [1.807, 2.05) is 0 Å². The molecule has 0 atom stereocenters. The molecule has 1 aromatic heterocycles. The minimum Gasteiger partial charge on any atom is -0.348 e. The molecule has 0 aliphatic carbocycles. The van der Waals surface area contributed by atoms with Crippen molar-refractivity contribution in [3.8, 4) is 0 Å². The summed E-state index contributed by atoms with van der Waals surface area (Å²) in [6.07, 6.45) is 1.36. The number of hydrazine groups is 1. The van der Waals surface area contributed by atoms with Crippen LogP contribution in [-0.2, 0) is 16.7 Å². The van der Waals surface area contributed by atoms with Crippen LogP contribution in [0.5, 0.6) is 0 Å². The van der Waals surface area contributed by atoms with Crippen molar-refractivity contribution in [2.75, 3.05) is 5.43 Å². The lowest BCUT2D eigenvalue weighted by atomic mass is 10.2. The number of aromatic nitrogens is 1. The van der Waals surface area contributed by atoms with Crippen molar-refractivity contribution in [3.05, 3.63) is 53.7 Å². The van der Waals surface area contributed by atoms with Gasteiger partial charge < -0.3 is 10.7 Å². The lowest BCUT2D eigenvalue weighted by Gasteiger charge is -2.07. The molecule has 0 aliphatic rings. The monoisotopic (exact) mass is 322 g/mol. The van der Waals surface area contributed by atoms with E-state index in [2.05, 4.69) is 15.7 Å². The number of anilines is 1. The van der Waals surface area contributed by atoms with Crippen LogP contribution in [0.25, 0.3) is 0 Å². The van der Waals surface area contributed by atoms with E-state index in [0.717, 1.165) is 0 Å². The summed E-state index contributed by atoms with van der Waals surface area (Å²) >= 11 is 0. The fourth-order valence-corrected chi connectivity index (χ4v) is 2.26. The van der Waals surface area contributed by atoms with Gasteiger partial charge in [-0.05, 0) is 29.8 Å². The number of benzene rings is 1. The molecule has 22 heavy (non-hydrogen) atoms. The molecule has 1 heterocycles. The summed E-state index contributed by atoms with van der Waals surface area (Å²) in [7, 11) is -4.27. The van der Waals surface area contributed by atoms with E-state index < -0.39 is 10.1 Å². The van der Waals surface area contributed by atoms with E-state index in [1.165, 1.54) is 24.4 Å². The molecule has 0 unspecified atom stereocenters. The predicted octanol–water partition coefficient (Wildman–Crippen LogP) is 0.544. The maximum atomic E-state index is 11.9. The largest absolute Gasteiger partial charge is 0.348 e. The normalized spacial score (nSPS) is 11.0. The maximum absolute atomic E-state index is 11.9. The zero-order chi connectivity index (χ0) is 16.2. The van der Waals surface area contributed by atoms with Gasteiger partial charge in [-0.3, -0.25) is 9.35 Å². The predicted molar refractivity (Wildman–Crippen MR) is 79.5 cm³/mol. The van der Waals surface area contributed by atoms with Gasteiger partial charge in [-0.1, -0.05) is 12.1 Å². The Hall–Kier alpha value is -2.49. The molecule has 116 valence electrons. The third kappa shape index (κ3) is 4.01. The summed E-state index contributed by atoms with van der Waals surface area (Å²) in [5.74, 6) is 5.24. The van der Waals surface area contributed by atoms with Gasteiger partial charge in [-0.2, -0.15) is 8.42 Å². The Morgan fingerprint density at radius 1 is 1.27 bits per heavy atom. The first-order valence-corrected chi connectivity index (χ1v) is 7.61. The minimum absolute atomic E-state index is 0.110. The average molecular weight is 322 g/mol. The molecule has 2 aromatic rings. The Morgan fingerprint density at radius 2 is 2.05 bits per heavy atom. The smallest absolute Gasteiger partial charge is 0.294 e. The molecule has 0 bridgehead atoms. The molecule has 8 nitrogen and oxygen atoms in total. The Morgan fingerprint density at radius 3 is 2.64 bits per heavy atom. The van der Waals surface area contributed by atoms with Crippen LogP contribution in [0.2, 0.25) is 0 Å². The van der Waals surface area contributed by atoms with Crippen LogP contribution in [-0.4, -0.2) is 23.9 Å². The topological polar surface area (TPSA) is 134 Å². The van der Waals surface area contributed by atoms with E-state index in [0.29, 0.717) is 16.9 Å². The lowest BCUT2D eigenvalue weighted by molar-refractivity contribution is 0.0950. The van der Waals surface area contributed by atoms with Crippen LogP contribution in [0, 0.1) is 0 Å². The third-order valence-corrected chi connectivity index (χ3v) is 3.67. The first kappa shape index (κ1) is 15.9. The number of carbonyl (C=O) groups is 1. The highest BCUT2D eigenvalue weighted by molar-refractivity contribution is 7.85. The molecule has 0 spiro atoms. The molecule has 0 saturated carbocycles. The molecule has 1 amide bonds. The van der Waals surface area contributed by atoms with Gasteiger partial charge >= 0.3 is 0 Å². The fourth-order valence-electron chi connectivity index (χ4n) is 1.71. The van der Waals surface area contributed by atoms with Crippen LogP contribution >= 0.6 is 0 Å². The summed E-state index contributed by atoms with van der Waals surface area (Å²) in [5, 5.41) is 2.62. The summed E-state index contributed by atoms with van der Waals surface area (Å²) < 4.78 is 31.1. The van der Waals surface area contributed by atoms with E-state index in [9.17, 15) is 13.2 Å². The fraction of sp³-hybridized carbons (Fsp3) is 0.0769. The number of amides is 1. The van der Waals surface area contributed by atoms with Crippen LogP contribution < -0.4 is 16.6 Å². The Balaban J connectivity index is 2.04. The van der Waals surface area contributed by atoms with Crippen LogP contribution in [0.15, 0.2) is 47.5 Å². The van der Waals surface area contributed by atoms with Gasteiger partial charge in [0.1, 0.15) is 5.82 Å².